The summed E-state index contributed by atoms with van der Waals surface area (Å²) in [6.07, 6.45) is 5.58. The Hall–Kier alpha value is -3.38. The van der Waals surface area contributed by atoms with Crippen LogP contribution in [0.15, 0.2) is 79.3 Å². The molecule has 4 rings (SSSR count). The predicted octanol–water partition coefficient (Wildman–Crippen LogP) is 3.06. The van der Waals surface area contributed by atoms with Gasteiger partial charge < -0.3 is 0 Å². The minimum Gasteiger partial charge on any atom is -0.286 e. The molecule has 0 aliphatic rings. The summed E-state index contributed by atoms with van der Waals surface area (Å²) < 4.78 is 1.77. The van der Waals surface area contributed by atoms with Crippen molar-refractivity contribution >= 4 is 0 Å². The maximum atomic E-state index is 4.45. The maximum absolute atomic E-state index is 4.45. The molecular formula is C21H19N6. The average Bonchev–Trinajstić information content (AvgIpc) is 3.19. The molecule has 0 aliphatic heterocycles. The third kappa shape index (κ3) is 4.62. The van der Waals surface area contributed by atoms with Gasteiger partial charge in [-0.2, -0.15) is 0 Å². The highest BCUT2D eigenvalue weighted by Crippen LogP contribution is 2.12. The van der Waals surface area contributed by atoms with Gasteiger partial charge in [0.05, 0.1) is 29.0 Å². The fourth-order valence-electron chi connectivity index (χ4n) is 2.86. The first-order valence-electron chi connectivity index (χ1n) is 8.77. The Morgan fingerprint density at radius 3 is 2.11 bits per heavy atom. The van der Waals surface area contributed by atoms with Gasteiger partial charge in [-0.15, -0.1) is 5.10 Å². The molecule has 6 nitrogen and oxygen atoms in total. The molecule has 27 heavy (non-hydrogen) atoms. The van der Waals surface area contributed by atoms with Crippen LogP contribution in [0.1, 0.15) is 17.1 Å². The van der Waals surface area contributed by atoms with Crippen LogP contribution < -0.4 is 0 Å². The number of hydrogen-bond donors (Lipinski definition) is 0. The highest BCUT2D eigenvalue weighted by molar-refractivity contribution is 5.29. The molecule has 0 aliphatic carbocycles. The van der Waals surface area contributed by atoms with Gasteiger partial charge in [0.15, 0.2) is 0 Å². The molecule has 1 aromatic carbocycles. The monoisotopic (exact) mass is 355 g/mol. The Kier molecular flexibility index (Phi) is 5.26. The molecule has 0 amide bonds. The molecule has 0 saturated heterocycles. The molecule has 0 saturated carbocycles. The molecule has 133 valence electrons. The van der Waals surface area contributed by atoms with E-state index in [4.69, 9.17) is 0 Å². The first kappa shape index (κ1) is 17.1. The van der Waals surface area contributed by atoms with Gasteiger partial charge in [-0.05, 0) is 42.5 Å². The minimum atomic E-state index is 0.656. The summed E-state index contributed by atoms with van der Waals surface area (Å²) >= 11 is 0. The van der Waals surface area contributed by atoms with Gasteiger partial charge in [-0.1, -0.05) is 29.5 Å². The average molecular weight is 355 g/mol. The molecule has 4 aromatic rings. The number of aromatic nitrogens is 5. The van der Waals surface area contributed by atoms with Crippen molar-refractivity contribution in [3.8, 4) is 5.69 Å². The first-order valence-corrected chi connectivity index (χ1v) is 8.77. The minimum absolute atomic E-state index is 0.656. The summed E-state index contributed by atoms with van der Waals surface area (Å²) in [5, 5.41) is 8.57. The van der Waals surface area contributed by atoms with E-state index in [1.54, 1.807) is 4.68 Å². The van der Waals surface area contributed by atoms with Crippen LogP contribution in [0.2, 0.25) is 0 Å². The van der Waals surface area contributed by atoms with Crippen LogP contribution in [0, 0.1) is 6.07 Å². The van der Waals surface area contributed by atoms with Crippen LogP contribution in [0.4, 0.5) is 0 Å². The zero-order chi connectivity index (χ0) is 18.3. The molecule has 0 atom stereocenters. The number of hydrogen-bond acceptors (Lipinski definition) is 5. The van der Waals surface area contributed by atoms with Crippen molar-refractivity contribution in [2.75, 3.05) is 0 Å². The molecule has 3 aromatic heterocycles. The second-order valence-electron chi connectivity index (χ2n) is 6.20. The van der Waals surface area contributed by atoms with Crippen LogP contribution in [-0.4, -0.2) is 29.9 Å². The SMILES string of the molecule is [c]1cccc(-n2cc(CN(Cc3ccccn3)Cc3ccccn3)nn2)c1. The molecule has 1 radical (unpaired) electrons. The lowest BCUT2D eigenvalue weighted by Gasteiger charge is -2.20. The molecule has 0 N–H and O–H groups in total. The van der Waals surface area contributed by atoms with E-state index in [0.717, 1.165) is 22.8 Å². The van der Waals surface area contributed by atoms with E-state index < -0.39 is 0 Å². The third-order valence-corrected chi connectivity index (χ3v) is 4.11. The molecule has 0 unspecified atom stereocenters. The standard InChI is InChI=1S/C21H19N6/c1-2-10-21(11-3-1)27-17-20(24-25-27)16-26(14-18-8-4-6-12-22-18)15-19-9-5-7-13-23-19/h1-2,4-13,17H,14-16H2. The van der Waals surface area contributed by atoms with Crippen molar-refractivity contribution < 1.29 is 0 Å². The Morgan fingerprint density at radius 1 is 0.815 bits per heavy atom. The van der Waals surface area contributed by atoms with Gasteiger partial charge in [0.25, 0.3) is 0 Å². The van der Waals surface area contributed by atoms with Gasteiger partial charge in [0.2, 0.25) is 0 Å². The second kappa shape index (κ2) is 8.33. The second-order valence-corrected chi connectivity index (χ2v) is 6.20. The van der Waals surface area contributed by atoms with Crippen molar-refractivity contribution in [3.63, 3.8) is 0 Å². The number of nitrogens with zero attached hydrogens (tertiary/aromatic N) is 6. The fraction of sp³-hybridized carbons (Fsp3) is 0.143. The molecule has 6 heteroatoms. The van der Waals surface area contributed by atoms with Crippen molar-refractivity contribution in [2.24, 2.45) is 0 Å². The van der Waals surface area contributed by atoms with Gasteiger partial charge >= 0.3 is 0 Å². The van der Waals surface area contributed by atoms with Crippen LogP contribution in [0.25, 0.3) is 5.69 Å². The van der Waals surface area contributed by atoms with E-state index in [2.05, 4.69) is 31.2 Å². The number of pyridine rings is 2. The van der Waals surface area contributed by atoms with Gasteiger partial charge in [-0.25, -0.2) is 4.68 Å². The van der Waals surface area contributed by atoms with Crippen LogP contribution in [-0.2, 0) is 19.6 Å². The largest absolute Gasteiger partial charge is 0.286 e. The zero-order valence-corrected chi connectivity index (χ0v) is 14.8. The van der Waals surface area contributed by atoms with Crippen LogP contribution in [0.5, 0.6) is 0 Å². The lowest BCUT2D eigenvalue weighted by atomic mass is 10.2. The van der Waals surface area contributed by atoms with E-state index in [1.807, 2.05) is 79.3 Å². The molecular weight excluding hydrogens is 336 g/mol. The quantitative estimate of drug-likeness (QED) is 0.510. The predicted molar refractivity (Wildman–Crippen MR) is 102 cm³/mol. The highest BCUT2D eigenvalue weighted by atomic mass is 15.4. The summed E-state index contributed by atoms with van der Waals surface area (Å²) in [5.74, 6) is 0. The van der Waals surface area contributed by atoms with E-state index in [-0.39, 0.29) is 0 Å². The Bertz CT molecular complexity index is 912. The van der Waals surface area contributed by atoms with Crippen molar-refractivity contribution in [1.29, 1.82) is 0 Å². The number of rotatable bonds is 7. The molecule has 0 fully saturated rings. The van der Waals surface area contributed by atoms with Gasteiger partial charge in [-0.3, -0.25) is 14.9 Å². The summed E-state index contributed by atoms with van der Waals surface area (Å²) in [5.41, 5.74) is 3.86. The van der Waals surface area contributed by atoms with Gasteiger partial charge in [0.1, 0.15) is 0 Å². The van der Waals surface area contributed by atoms with Crippen molar-refractivity contribution in [2.45, 2.75) is 19.6 Å². The fourth-order valence-corrected chi connectivity index (χ4v) is 2.86. The summed E-state index contributed by atoms with van der Waals surface area (Å²) in [6, 6.07) is 22.6. The smallest absolute Gasteiger partial charge is 0.0972 e. The van der Waals surface area contributed by atoms with E-state index in [1.165, 1.54) is 0 Å². The summed E-state index contributed by atoms with van der Waals surface area (Å²) in [7, 11) is 0. The molecule has 3 heterocycles. The Morgan fingerprint density at radius 2 is 1.52 bits per heavy atom. The topological polar surface area (TPSA) is 59.7 Å². The van der Waals surface area contributed by atoms with Crippen molar-refractivity contribution in [3.05, 3.63) is 102 Å². The van der Waals surface area contributed by atoms with E-state index in [0.29, 0.717) is 19.6 Å². The first-order chi connectivity index (χ1) is 13.4. The maximum Gasteiger partial charge on any atom is 0.0972 e. The molecule has 0 bridgehead atoms. The van der Waals surface area contributed by atoms with E-state index >= 15 is 0 Å². The third-order valence-electron chi connectivity index (χ3n) is 4.11. The lowest BCUT2D eigenvalue weighted by Crippen LogP contribution is -2.23. The zero-order valence-electron chi connectivity index (χ0n) is 14.8. The number of benzene rings is 1. The highest BCUT2D eigenvalue weighted by Gasteiger charge is 2.12. The summed E-state index contributed by atoms with van der Waals surface area (Å²) in [4.78, 5) is 11.2. The van der Waals surface area contributed by atoms with Crippen LogP contribution in [0.3, 0.4) is 0 Å². The van der Waals surface area contributed by atoms with E-state index in [9.17, 15) is 0 Å². The Balaban J connectivity index is 1.52. The van der Waals surface area contributed by atoms with Crippen molar-refractivity contribution in [1.82, 2.24) is 29.9 Å². The van der Waals surface area contributed by atoms with Crippen LogP contribution >= 0.6 is 0 Å². The lowest BCUT2D eigenvalue weighted by molar-refractivity contribution is 0.238. The van der Waals surface area contributed by atoms with Gasteiger partial charge in [0, 0.05) is 32.0 Å². The molecule has 0 spiro atoms. The Labute approximate surface area is 158 Å². The summed E-state index contributed by atoms with van der Waals surface area (Å²) in [6.45, 7) is 2.08. The normalized spacial score (nSPS) is 11.0.